The molecule has 0 aliphatic carbocycles. The molecule has 154 valence electrons. The molecule has 0 saturated carbocycles. The van der Waals surface area contributed by atoms with E-state index in [2.05, 4.69) is 89.6 Å². The largest absolute Gasteiger partial charge is 0.437 e. The Morgan fingerprint density at radius 3 is 1.46 bits per heavy atom. The van der Waals surface area contributed by atoms with Crippen LogP contribution < -0.4 is 0 Å². The summed E-state index contributed by atoms with van der Waals surface area (Å²) in [6.07, 6.45) is 0. The summed E-state index contributed by atoms with van der Waals surface area (Å²) in [5.74, 6) is 0. The molecule has 3 nitrogen and oxygen atoms in total. The summed E-state index contributed by atoms with van der Waals surface area (Å²) in [6.45, 7) is 20.1. The van der Waals surface area contributed by atoms with E-state index in [4.69, 9.17) is 12.3 Å². The molecule has 1 aromatic rings. The van der Waals surface area contributed by atoms with Crippen LogP contribution in [0.15, 0.2) is 30.3 Å². The molecule has 0 fully saturated rings. The van der Waals surface area contributed by atoms with Gasteiger partial charge in [0.2, 0.25) is 0 Å². The number of benzene rings is 1. The monoisotopic (exact) mass is 432 g/mol. The predicted octanol–water partition coefficient (Wildman–Crippen LogP) is 6.92. The van der Waals surface area contributed by atoms with Crippen LogP contribution in [0.4, 0.5) is 0 Å². The molecule has 1 aromatic carbocycles. The van der Waals surface area contributed by atoms with Gasteiger partial charge in [0.1, 0.15) is 0 Å². The van der Waals surface area contributed by atoms with Gasteiger partial charge in [-0.15, -0.1) is 0 Å². The third-order valence-electron chi connectivity index (χ3n) is 3.49. The first-order valence-corrected chi connectivity index (χ1v) is 20.8. The summed E-state index contributed by atoms with van der Waals surface area (Å²) in [4.78, 5) is 0. The molecule has 0 heterocycles. The van der Waals surface area contributed by atoms with E-state index in [-0.39, 0.29) is 14.9 Å². The van der Waals surface area contributed by atoms with Crippen LogP contribution in [0.1, 0.15) is 27.3 Å². The van der Waals surface area contributed by atoms with Crippen molar-refractivity contribution in [2.24, 2.45) is 0 Å². The Labute approximate surface area is 168 Å². The predicted molar refractivity (Wildman–Crippen MR) is 127 cm³/mol. The van der Waals surface area contributed by atoms with Crippen LogP contribution in [0.2, 0.25) is 58.4 Å². The third-order valence-corrected chi connectivity index (χ3v) is 17.6. The first-order valence-electron chi connectivity index (χ1n) is 8.90. The third kappa shape index (κ3) is 11.0. The van der Waals surface area contributed by atoms with Gasteiger partial charge < -0.3 is 12.3 Å². The van der Waals surface area contributed by atoms with Gasteiger partial charge in [0, 0.05) is 6.04 Å². The minimum absolute atomic E-state index is 0. The average molecular weight is 433 g/mol. The summed E-state index contributed by atoms with van der Waals surface area (Å²) >= 11 is 0. The molecular formula is C19H44O3Si4. The zero-order valence-electron chi connectivity index (χ0n) is 17.0. The van der Waals surface area contributed by atoms with E-state index in [1.54, 1.807) is 0 Å². The fourth-order valence-electron chi connectivity index (χ4n) is 2.98. The summed E-state index contributed by atoms with van der Waals surface area (Å²) in [5.41, 5.74) is 1.30. The molecule has 0 aliphatic heterocycles. The van der Waals surface area contributed by atoms with E-state index in [0.717, 1.165) is 12.1 Å². The van der Waals surface area contributed by atoms with E-state index >= 15 is 0 Å². The fourth-order valence-corrected chi connectivity index (χ4v) is 20.8. The van der Waals surface area contributed by atoms with Crippen LogP contribution in [0.3, 0.4) is 0 Å². The zero-order chi connectivity index (χ0) is 18.6. The van der Waals surface area contributed by atoms with Crippen LogP contribution in [-0.2, 0) is 18.4 Å². The summed E-state index contributed by atoms with van der Waals surface area (Å²) in [5, 5.41) is 0. The Balaban J connectivity index is 0. The quantitative estimate of drug-likeness (QED) is 0.396. The van der Waals surface area contributed by atoms with E-state index < -0.39 is 33.8 Å². The molecule has 0 aliphatic rings. The second-order valence-corrected chi connectivity index (χ2v) is 25.3. The van der Waals surface area contributed by atoms with Gasteiger partial charge in [-0.25, -0.2) is 0 Å². The standard InChI is InChI=1S/C17H36O3Si4.2CH4/c1-10-23(8,18-21(2,3)4)20-24(9,19-22(5,6)7)16-17-14-12-11-13-15-17;;/h11-15H,10,16H2,1-9H3;2*1H4. The lowest BCUT2D eigenvalue weighted by Gasteiger charge is -2.42. The van der Waals surface area contributed by atoms with E-state index in [1.807, 2.05) is 0 Å². The van der Waals surface area contributed by atoms with Crippen molar-refractivity contribution in [3.05, 3.63) is 35.9 Å². The van der Waals surface area contributed by atoms with Crippen molar-refractivity contribution in [3.63, 3.8) is 0 Å². The minimum atomic E-state index is -2.36. The molecule has 0 N–H and O–H groups in total. The second-order valence-electron chi connectivity index (χ2n) is 8.81. The lowest BCUT2D eigenvalue weighted by atomic mass is 10.2. The highest BCUT2D eigenvalue weighted by Crippen LogP contribution is 2.28. The van der Waals surface area contributed by atoms with Gasteiger partial charge in [-0.2, -0.15) is 0 Å². The van der Waals surface area contributed by atoms with Gasteiger partial charge in [0.05, 0.1) is 0 Å². The first kappa shape index (κ1) is 28.2. The Morgan fingerprint density at radius 1 is 0.654 bits per heavy atom. The first-order chi connectivity index (χ1) is 10.8. The number of hydrogen-bond acceptors (Lipinski definition) is 3. The van der Waals surface area contributed by atoms with Crippen LogP contribution in [0, 0.1) is 0 Å². The molecule has 0 aromatic heterocycles. The SMILES string of the molecule is C.C.CC[Si](C)(O[Si](C)(C)C)O[Si](C)(Cc1ccccc1)O[Si](C)(C)C. The van der Waals surface area contributed by atoms with Crippen molar-refractivity contribution >= 4 is 33.8 Å². The van der Waals surface area contributed by atoms with Crippen LogP contribution in [0.5, 0.6) is 0 Å². The Morgan fingerprint density at radius 2 is 1.08 bits per heavy atom. The Bertz CT molecular complexity index is 514. The topological polar surface area (TPSA) is 27.7 Å². The Hall–Kier alpha value is -0.0325. The molecule has 2 unspecified atom stereocenters. The number of hydrogen-bond donors (Lipinski definition) is 0. The van der Waals surface area contributed by atoms with Crippen molar-refractivity contribution in [3.8, 4) is 0 Å². The highest BCUT2D eigenvalue weighted by Gasteiger charge is 2.46. The van der Waals surface area contributed by atoms with Crippen molar-refractivity contribution in [1.82, 2.24) is 0 Å². The smallest absolute Gasteiger partial charge is 0.320 e. The maximum absolute atomic E-state index is 6.83. The van der Waals surface area contributed by atoms with Crippen molar-refractivity contribution < 1.29 is 12.3 Å². The highest BCUT2D eigenvalue weighted by atomic mass is 28.5. The highest BCUT2D eigenvalue weighted by molar-refractivity contribution is 6.89. The summed E-state index contributed by atoms with van der Waals surface area (Å²) in [6, 6.07) is 12.4. The van der Waals surface area contributed by atoms with Crippen LogP contribution in [0.25, 0.3) is 0 Å². The fraction of sp³-hybridized carbons (Fsp3) is 0.684. The van der Waals surface area contributed by atoms with Gasteiger partial charge in [-0.1, -0.05) is 52.1 Å². The molecule has 0 saturated heterocycles. The maximum Gasteiger partial charge on any atom is 0.320 e. The summed E-state index contributed by atoms with van der Waals surface area (Å²) in [7, 11) is -7.94. The maximum atomic E-state index is 6.83. The van der Waals surface area contributed by atoms with E-state index in [9.17, 15) is 0 Å². The van der Waals surface area contributed by atoms with E-state index in [1.165, 1.54) is 5.56 Å². The normalized spacial score (nSPS) is 16.7. The van der Waals surface area contributed by atoms with Gasteiger partial charge in [-0.05, 0) is 64.0 Å². The lowest BCUT2D eigenvalue weighted by molar-refractivity contribution is 0.318. The molecule has 7 heteroatoms. The molecule has 1 rings (SSSR count). The van der Waals surface area contributed by atoms with Crippen molar-refractivity contribution in [1.29, 1.82) is 0 Å². The van der Waals surface area contributed by atoms with Gasteiger partial charge in [0.15, 0.2) is 16.6 Å². The van der Waals surface area contributed by atoms with E-state index in [0.29, 0.717) is 0 Å². The number of rotatable bonds is 9. The van der Waals surface area contributed by atoms with Crippen LogP contribution in [-0.4, -0.2) is 33.8 Å². The molecule has 26 heavy (non-hydrogen) atoms. The molecule has 0 radical (unpaired) electrons. The van der Waals surface area contributed by atoms with Crippen molar-refractivity contribution in [2.75, 3.05) is 0 Å². The minimum Gasteiger partial charge on any atom is -0.437 e. The Kier molecular flexibility index (Phi) is 11.4. The van der Waals surface area contributed by atoms with Gasteiger partial charge in [0.25, 0.3) is 0 Å². The lowest BCUT2D eigenvalue weighted by Crippen LogP contribution is -2.59. The zero-order valence-corrected chi connectivity index (χ0v) is 21.0. The van der Waals surface area contributed by atoms with Gasteiger partial charge >= 0.3 is 17.1 Å². The average Bonchev–Trinajstić information content (AvgIpc) is 2.34. The molecule has 2 atom stereocenters. The molecule has 0 amide bonds. The molecular weight excluding hydrogens is 389 g/mol. The van der Waals surface area contributed by atoms with Crippen LogP contribution >= 0.6 is 0 Å². The summed E-state index contributed by atoms with van der Waals surface area (Å²) < 4.78 is 20.0. The molecule has 0 spiro atoms. The van der Waals surface area contributed by atoms with Crippen molar-refractivity contribution in [2.45, 2.75) is 86.2 Å². The van der Waals surface area contributed by atoms with Gasteiger partial charge in [-0.3, -0.25) is 0 Å². The second kappa shape index (κ2) is 10.5. The molecule has 0 bridgehead atoms.